The van der Waals surface area contributed by atoms with Crippen LogP contribution in [0.15, 0.2) is 58.5 Å². The van der Waals surface area contributed by atoms with E-state index in [4.69, 9.17) is 4.74 Å². The summed E-state index contributed by atoms with van der Waals surface area (Å²) in [6.45, 7) is 2.68. The molecule has 2 aromatic carbocycles. The molecular formula is C19H19NO3S2. The molecule has 4 nitrogen and oxygen atoms in total. The van der Waals surface area contributed by atoms with Gasteiger partial charge in [-0.05, 0) is 29.8 Å². The Morgan fingerprint density at radius 1 is 1.28 bits per heavy atom. The number of rotatable bonds is 6. The highest BCUT2D eigenvalue weighted by Gasteiger charge is 2.27. The standard InChI is InChI=1S/C19H19NO3S2/c1-2-23-19(22)12-18-20(17(21)13-25-18)9-10-24-16-8-7-14-5-3-4-6-15(14)11-16/h3-8,11-12H,2,9-10,13H2,1H3/b18-12-. The van der Waals surface area contributed by atoms with E-state index in [1.807, 2.05) is 12.1 Å². The van der Waals surface area contributed by atoms with Crippen LogP contribution < -0.4 is 0 Å². The third-order valence-corrected chi connectivity index (χ3v) is 5.74. The van der Waals surface area contributed by atoms with E-state index in [1.54, 1.807) is 23.6 Å². The second kappa shape index (κ2) is 8.45. The lowest BCUT2D eigenvalue weighted by molar-refractivity contribution is -0.137. The van der Waals surface area contributed by atoms with Crippen LogP contribution in [-0.4, -0.2) is 41.4 Å². The number of fused-ring (bicyclic) bond motifs is 1. The van der Waals surface area contributed by atoms with Gasteiger partial charge < -0.3 is 9.64 Å². The van der Waals surface area contributed by atoms with Crippen LogP contribution in [-0.2, 0) is 14.3 Å². The van der Waals surface area contributed by atoms with Gasteiger partial charge in [0.2, 0.25) is 5.91 Å². The Morgan fingerprint density at radius 2 is 2.08 bits per heavy atom. The molecule has 1 amide bonds. The van der Waals surface area contributed by atoms with Crippen molar-refractivity contribution in [2.24, 2.45) is 0 Å². The number of hydrogen-bond donors (Lipinski definition) is 0. The molecule has 2 aromatic rings. The van der Waals surface area contributed by atoms with Crippen LogP contribution in [0, 0.1) is 0 Å². The van der Waals surface area contributed by atoms with E-state index >= 15 is 0 Å². The summed E-state index contributed by atoms with van der Waals surface area (Å²) in [6.07, 6.45) is 1.42. The van der Waals surface area contributed by atoms with Crippen molar-refractivity contribution in [2.75, 3.05) is 24.7 Å². The van der Waals surface area contributed by atoms with Gasteiger partial charge in [0.05, 0.1) is 23.5 Å². The van der Waals surface area contributed by atoms with E-state index in [0.29, 0.717) is 23.9 Å². The maximum absolute atomic E-state index is 12.0. The maximum Gasteiger partial charge on any atom is 0.333 e. The Kier molecular flexibility index (Phi) is 6.04. The lowest BCUT2D eigenvalue weighted by atomic mass is 10.1. The number of esters is 1. The summed E-state index contributed by atoms with van der Waals surface area (Å²) >= 11 is 3.10. The molecule has 0 atom stereocenters. The van der Waals surface area contributed by atoms with Crippen LogP contribution in [0.25, 0.3) is 10.8 Å². The van der Waals surface area contributed by atoms with Crippen molar-refractivity contribution in [1.82, 2.24) is 4.90 Å². The van der Waals surface area contributed by atoms with E-state index in [9.17, 15) is 9.59 Å². The third-order valence-electron chi connectivity index (χ3n) is 3.74. The van der Waals surface area contributed by atoms with E-state index in [1.165, 1.54) is 33.5 Å². The maximum atomic E-state index is 12.0. The Bertz CT molecular complexity index is 819. The summed E-state index contributed by atoms with van der Waals surface area (Å²) in [7, 11) is 0. The normalized spacial score (nSPS) is 16.0. The van der Waals surface area contributed by atoms with Crippen molar-refractivity contribution in [3.63, 3.8) is 0 Å². The predicted molar refractivity (Wildman–Crippen MR) is 104 cm³/mol. The van der Waals surface area contributed by atoms with Crippen molar-refractivity contribution in [1.29, 1.82) is 0 Å². The minimum absolute atomic E-state index is 0.0414. The lowest BCUT2D eigenvalue weighted by Gasteiger charge is -2.16. The summed E-state index contributed by atoms with van der Waals surface area (Å²) in [5.74, 6) is 0.794. The number of benzene rings is 2. The molecule has 0 N–H and O–H groups in total. The van der Waals surface area contributed by atoms with Crippen LogP contribution in [0.5, 0.6) is 0 Å². The lowest BCUT2D eigenvalue weighted by Crippen LogP contribution is -2.27. The van der Waals surface area contributed by atoms with Crippen molar-refractivity contribution < 1.29 is 14.3 Å². The summed E-state index contributed by atoms with van der Waals surface area (Å²) in [4.78, 5) is 26.5. The minimum atomic E-state index is -0.396. The summed E-state index contributed by atoms with van der Waals surface area (Å²) in [6, 6.07) is 14.6. The van der Waals surface area contributed by atoms with Crippen LogP contribution in [0.2, 0.25) is 0 Å². The van der Waals surface area contributed by atoms with E-state index in [0.717, 1.165) is 5.75 Å². The second-order valence-corrected chi connectivity index (χ2v) is 7.59. The second-order valence-electron chi connectivity index (χ2n) is 5.43. The highest BCUT2D eigenvalue weighted by atomic mass is 32.2. The van der Waals surface area contributed by atoms with Gasteiger partial charge in [-0.2, -0.15) is 0 Å². The number of carbonyl (C=O) groups excluding carboxylic acids is 2. The van der Waals surface area contributed by atoms with Gasteiger partial charge in [0, 0.05) is 17.2 Å². The molecule has 0 bridgehead atoms. The number of thioether (sulfide) groups is 2. The Balaban J connectivity index is 1.61. The van der Waals surface area contributed by atoms with Gasteiger partial charge in [-0.1, -0.05) is 42.1 Å². The van der Waals surface area contributed by atoms with E-state index < -0.39 is 5.97 Å². The summed E-state index contributed by atoms with van der Waals surface area (Å²) in [5.41, 5.74) is 0. The zero-order valence-electron chi connectivity index (χ0n) is 13.9. The van der Waals surface area contributed by atoms with Crippen molar-refractivity contribution in [3.8, 4) is 0 Å². The van der Waals surface area contributed by atoms with E-state index in [-0.39, 0.29) is 5.91 Å². The molecular weight excluding hydrogens is 354 g/mol. The topological polar surface area (TPSA) is 46.6 Å². The molecule has 0 spiro atoms. The molecule has 0 unspecified atom stereocenters. The highest BCUT2D eigenvalue weighted by molar-refractivity contribution is 8.04. The van der Waals surface area contributed by atoms with Crippen molar-refractivity contribution in [2.45, 2.75) is 11.8 Å². The molecule has 0 aromatic heterocycles. The molecule has 0 saturated carbocycles. The fraction of sp³-hybridized carbons (Fsp3) is 0.263. The van der Waals surface area contributed by atoms with Crippen LogP contribution in [0.4, 0.5) is 0 Å². The zero-order valence-corrected chi connectivity index (χ0v) is 15.6. The monoisotopic (exact) mass is 373 g/mol. The largest absolute Gasteiger partial charge is 0.463 e. The third kappa shape index (κ3) is 4.58. The molecule has 1 heterocycles. The van der Waals surface area contributed by atoms with Gasteiger partial charge in [0.25, 0.3) is 0 Å². The molecule has 1 saturated heterocycles. The number of nitrogens with zero attached hydrogens (tertiary/aromatic N) is 1. The first-order valence-corrected chi connectivity index (χ1v) is 10.1. The van der Waals surface area contributed by atoms with Gasteiger partial charge >= 0.3 is 5.97 Å². The van der Waals surface area contributed by atoms with E-state index in [2.05, 4.69) is 30.3 Å². The molecule has 25 heavy (non-hydrogen) atoms. The molecule has 1 fully saturated rings. The Morgan fingerprint density at radius 3 is 2.88 bits per heavy atom. The van der Waals surface area contributed by atoms with Gasteiger partial charge in [0.1, 0.15) is 0 Å². The first-order chi connectivity index (χ1) is 12.2. The van der Waals surface area contributed by atoms with Gasteiger partial charge in [-0.15, -0.1) is 11.8 Å². The first kappa shape index (κ1) is 17.9. The first-order valence-electron chi connectivity index (χ1n) is 8.10. The molecule has 6 heteroatoms. The number of hydrogen-bond acceptors (Lipinski definition) is 5. The highest BCUT2D eigenvalue weighted by Crippen LogP contribution is 2.30. The predicted octanol–water partition coefficient (Wildman–Crippen LogP) is 3.91. The number of ether oxygens (including phenoxy) is 1. The number of amides is 1. The zero-order chi connectivity index (χ0) is 17.6. The molecule has 3 rings (SSSR count). The molecule has 1 aliphatic rings. The Hall–Kier alpha value is -1.92. The van der Waals surface area contributed by atoms with Crippen LogP contribution in [0.1, 0.15) is 6.92 Å². The number of carbonyl (C=O) groups is 2. The van der Waals surface area contributed by atoms with Crippen LogP contribution in [0.3, 0.4) is 0 Å². The van der Waals surface area contributed by atoms with Gasteiger partial charge in [-0.25, -0.2) is 4.79 Å². The molecule has 1 aliphatic heterocycles. The van der Waals surface area contributed by atoms with Crippen LogP contribution >= 0.6 is 23.5 Å². The van der Waals surface area contributed by atoms with Gasteiger partial charge in [0.15, 0.2) is 0 Å². The van der Waals surface area contributed by atoms with Gasteiger partial charge in [-0.3, -0.25) is 4.79 Å². The fourth-order valence-corrected chi connectivity index (χ4v) is 4.41. The average Bonchev–Trinajstić information content (AvgIpc) is 2.95. The quantitative estimate of drug-likeness (QED) is 0.436. The average molecular weight is 373 g/mol. The molecule has 0 aliphatic carbocycles. The molecule has 130 valence electrons. The summed E-state index contributed by atoms with van der Waals surface area (Å²) < 4.78 is 4.93. The van der Waals surface area contributed by atoms with Crippen molar-refractivity contribution >= 4 is 46.2 Å². The fourth-order valence-electron chi connectivity index (χ4n) is 2.57. The Labute approximate surface area is 155 Å². The molecule has 0 radical (unpaired) electrons. The SMILES string of the molecule is CCOC(=O)/C=C1\SCC(=O)N1CCSc1ccc2ccccc2c1. The van der Waals surface area contributed by atoms with Crippen molar-refractivity contribution in [3.05, 3.63) is 53.6 Å². The summed E-state index contributed by atoms with van der Waals surface area (Å²) in [5, 5.41) is 3.11. The smallest absolute Gasteiger partial charge is 0.333 e. The minimum Gasteiger partial charge on any atom is -0.463 e.